The van der Waals surface area contributed by atoms with Crippen LogP contribution >= 0.6 is 11.6 Å². The number of rotatable bonds is 4. The van der Waals surface area contributed by atoms with Crippen LogP contribution in [0.2, 0.25) is 5.28 Å². The fraction of sp³-hybridized carbons (Fsp3) is 0.583. The van der Waals surface area contributed by atoms with Gasteiger partial charge in [-0.2, -0.15) is 4.98 Å². The number of carboxylic acid groups (broad SMARTS) is 1. The molecule has 0 radical (unpaired) electrons. The molecule has 1 aromatic rings. The average molecular weight is 317 g/mol. The number of carbonyl (C=O) groups is 1. The number of aliphatic carboxylic acids is 1. The first kappa shape index (κ1) is 17.1. The van der Waals surface area contributed by atoms with Crippen LogP contribution in [0, 0.1) is 22.5 Å². The lowest BCUT2D eigenvalue weighted by Gasteiger charge is -2.35. The van der Waals surface area contributed by atoms with Gasteiger partial charge in [-0.3, -0.25) is 10.1 Å². The van der Waals surface area contributed by atoms with E-state index in [9.17, 15) is 20.0 Å². The predicted octanol–water partition coefficient (Wildman–Crippen LogP) is 2.28. The van der Waals surface area contributed by atoms with E-state index in [4.69, 9.17) is 11.6 Å². The Balaban J connectivity index is 3.51. The number of nitro groups is 1. The van der Waals surface area contributed by atoms with Gasteiger partial charge in [-0.25, -0.2) is 9.78 Å². The summed E-state index contributed by atoms with van der Waals surface area (Å²) in [4.78, 5) is 30.9. The van der Waals surface area contributed by atoms with Gasteiger partial charge in [0, 0.05) is 7.05 Å². The van der Waals surface area contributed by atoms with Crippen LogP contribution in [0.3, 0.4) is 0 Å². The van der Waals surface area contributed by atoms with Crippen LogP contribution in [0.5, 0.6) is 0 Å². The van der Waals surface area contributed by atoms with Gasteiger partial charge in [-0.05, 0) is 23.9 Å². The van der Waals surface area contributed by atoms with Gasteiger partial charge in [-0.1, -0.05) is 20.8 Å². The second kappa shape index (κ2) is 5.80. The highest BCUT2D eigenvalue weighted by atomic mass is 35.5. The van der Waals surface area contributed by atoms with Crippen LogP contribution in [0.25, 0.3) is 0 Å². The number of carboxylic acids is 1. The van der Waals surface area contributed by atoms with Gasteiger partial charge < -0.3 is 10.0 Å². The Kier molecular flexibility index (Phi) is 4.72. The van der Waals surface area contributed by atoms with Crippen molar-refractivity contribution in [3.63, 3.8) is 0 Å². The quantitative estimate of drug-likeness (QED) is 0.515. The lowest BCUT2D eigenvalue weighted by molar-refractivity contribution is -0.385. The van der Waals surface area contributed by atoms with Crippen LogP contribution in [0.15, 0.2) is 0 Å². The minimum absolute atomic E-state index is 0.0832. The summed E-state index contributed by atoms with van der Waals surface area (Å²) >= 11 is 5.75. The molecular weight excluding hydrogens is 300 g/mol. The van der Waals surface area contributed by atoms with Crippen LogP contribution in [-0.2, 0) is 4.79 Å². The molecule has 21 heavy (non-hydrogen) atoms. The second-order valence-corrected chi connectivity index (χ2v) is 6.06. The van der Waals surface area contributed by atoms with Crippen molar-refractivity contribution in [1.82, 2.24) is 9.97 Å². The molecule has 1 unspecified atom stereocenters. The summed E-state index contributed by atoms with van der Waals surface area (Å²) < 4.78 is 0. The lowest BCUT2D eigenvalue weighted by atomic mass is 9.86. The van der Waals surface area contributed by atoms with Gasteiger partial charge in [0.2, 0.25) is 11.1 Å². The molecule has 8 nitrogen and oxygen atoms in total. The highest BCUT2D eigenvalue weighted by molar-refractivity contribution is 6.28. The fourth-order valence-electron chi connectivity index (χ4n) is 2.22. The Morgan fingerprint density at radius 1 is 1.43 bits per heavy atom. The maximum Gasteiger partial charge on any atom is 0.332 e. The van der Waals surface area contributed by atoms with Crippen molar-refractivity contribution in [2.75, 3.05) is 11.9 Å². The first-order valence-electron chi connectivity index (χ1n) is 6.11. The molecule has 0 aromatic carbocycles. The second-order valence-electron chi connectivity index (χ2n) is 5.73. The van der Waals surface area contributed by atoms with Gasteiger partial charge in [-0.15, -0.1) is 0 Å². The lowest BCUT2D eigenvalue weighted by Crippen LogP contribution is -2.48. The molecule has 9 heteroatoms. The van der Waals surface area contributed by atoms with E-state index in [1.807, 2.05) is 0 Å². The van der Waals surface area contributed by atoms with E-state index in [0.29, 0.717) is 0 Å². The third-order valence-electron chi connectivity index (χ3n) is 2.97. The molecule has 1 atom stereocenters. The number of aromatic nitrogens is 2. The largest absolute Gasteiger partial charge is 0.480 e. The highest BCUT2D eigenvalue weighted by Gasteiger charge is 2.38. The molecule has 116 valence electrons. The zero-order valence-corrected chi connectivity index (χ0v) is 13.2. The average Bonchev–Trinajstić information content (AvgIpc) is 2.24. The van der Waals surface area contributed by atoms with Crippen molar-refractivity contribution >= 4 is 29.1 Å². The molecule has 1 aromatic heterocycles. The van der Waals surface area contributed by atoms with Crippen LogP contribution in [0.4, 0.5) is 11.5 Å². The van der Waals surface area contributed by atoms with E-state index in [0.717, 1.165) is 0 Å². The van der Waals surface area contributed by atoms with Gasteiger partial charge in [0.15, 0.2) is 0 Å². The standard InChI is InChI=1S/C12H17ClN4O4/c1-6-7(17(20)21)9(15-11(13)14-6)16(5)8(10(18)19)12(2,3)4/h8H,1-5H3,(H,18,19). The van der Waals surface area contributed by atoms with Crippen molar-refractivity contribution in [3.05, 3.63) is 21.1 Å². The number of halogens is 1. The molecule has 0 aliphatic rings. The summed E-state index contributed by atoms with van der Waals surface area (Å²) in [6.45, 7) is 6.60. The summed E-state index contributed by atoms with van der Waals surface area (Å²) in [6.07, 6.45) is 0. The zero-order chi connectivity index (χ0) is 16.5. The zero-order valence-electron chi connectivity index (χ0n) is 12.4. The van der Waals surface area contributed by atoms with Gasteiger partial charge in [0.1, 0.15) is 11.7 Å². The van der Waals surface area contributed by atoms with Gasteiger partial charge >= 0.3 is 11.7 Å². The summed E-state index contributed by atoms with van der Waals surface area (Å²) in [5, 5.41) is 20.5. The summed E-state index contributed by atoms with van der Waals surface area (Å²) in [7, 11) is 1.44. The molecule has 0 bridgehead atoms. The highest BCUT2D eigenvalue weighted by Crippen LogP contribution is 2.34. The maximum atomic E-state index is 11.5. The Labute approximate surface area is 126 Å². The Morgan fingerprint density at radius 3 is 2.33 bits per heavy atom. The van der Waals surface area contributed by atoms with Crippen molar-refractivity contribution in [2.45, 2.75) is 33.7 Å². The molecule has 0 fully saturated rings. The number of anilines is 1. The summed E-state index contributed by atoms with van der Waals surface area (Å²) in [6, 6.07) is -1.01. The number of nitrogens with zero attached hydrogens (tertiary/aromatic N) is 4. The maximum absolute atomic E-state index is 11.5. The van der Waals surface area contributed by atoms with E-state index < -0.39 is 22.3 Å². The summed E-state index contributed by atoms with van der Waals surface area (Å²) in [5.74, 6) is -1.22. The Morgan fingerprint density at radius 2 is 1.95 bits per heavy atom. The van der Waals surface area contributed by atoms with E-state index >= 15 is 0 Å². The van der Waals surface area contributed by atoms with Crippen molar-refractivity contribution in [3.8, 4) is 0 Å². The van der Waals surface area contributed by atoms with Gasteiger partial charge in [0.25, 0.3) is 0 Å². The predicted molar refractivity (Wildman–Crippen MR) is 77.7 cm³/mol. The van der Waals surface area contributed by atoms with Crippen LogP contribution in [-0.4, -0.2) is 39.1 Å². The number of hydrogen-bond acceptors (Lipinski definition) is 6. The smallest absolute Gasteiger partial charge is 0.332 e. The molecular formula is C12H17ClN4O4. The molecule has 0 spiro atoms. The minimum Gasteiger partial charge on any atom is -0.480 e. The Bertz CT molecular complexity index is 585. The van der Waals surface area contributed by atoms with E-state index in [2.05, 4.69) is 9.97 Å². The monoisotopic (exact) mass is 316 g/mol. The van der Waals surface area contributed by atoms with E-state index in [1.165, 1.54) is 18.9 Å². The molecule has 0 aliphatic carbocycles. The normalized spacial score (nSPS) is 12.9. The molecule has 0 aliphatic heterocycles. The molecule has 1 N–H and O–H groups in total. The molecule has 0 saturated carbocycles. The minimum atomic E-state index is -1.10. The number of likely N-dealkylation sites (N-methyl/N-ethyl adjacent to an activating group) is 1. The molecule has 1 rings (SSSR count). The number of hydrogen-bond donors (Lipinski definition) is 1. The van der Waals surface area contributed by atoms with Crippen molar-refractivity contribution < 1.29 is 14.8 Å². The molecule has 1 heterocycles. The van der Waals surface area contributed by atoms with Crippen LogP contribution in [0.1, 0.15) is 26.5 Å². The topological polar surface area (TPSA) is 109 Å². The van der Waals surface area contributed by atoms with Crippen molar-refractivity contribution in [1.29, 1.82) is 0 Å². The fourth-order valence-corrected chi connectivity index (χ4v) is 2.42. The van der Waals surface area contributed by atoms with Crippen LogP contribution < -0.4 is 4.90 Å². The SMILES string of the molecule is Cc1nc(Cl)nc(N(C)C(C(=O)O)C(C)(C)C)c1[N+](=O)[O-]. The summed E-state index contributed by atoms with van der Waals surface area (Å²) in [5.41, 5.74) is -0.933. The first-order chi connectivity index (χ1) is 9.46. The van der Waals surface area contributed by atoms with Gasteiger partial charge in [0.05, 0.1) is 4.92 Å². The molecule has 0 amide bonds. The third kappa shape index (κ3) is 3.57. The van der Waals surface area contributed by atoms with E-state index in [-0.39, 0.29) is 22.5 Å². The Hall–Kier alpha value is -1.96. The first-order valence-corrected chi connectivity index (χ1v) is 6.48. The molecule has 0 saturated heterocycles. The third-order valence-corrected chi connectivity index (χ3v) is 3.14. The van der Waals surface area contributed by atoms with E-state index in [1.54, 1.807) is 20.8 Å². The number of aryl methyl sites for hydroxylation is 1. The van der Waals surface area contributed by atoms with Crippen molar-refractivity contribution in [2.24, 2.45) is 5.41 Å².